The molecule has 2 aliphatic rings. The molecule has 2 atom stereocenters. The third kappa shape index (κ3) is 3.19. The van der Waals surface area contributed by atoms with Crippen LogP contribution in [0.1, 0.15) is 18.4 Å². The minimum atomic E-state index is -0.315. The van der Waals surface area contributed by atoms with Gasteiger partial charge in [-0.25, -0.2) is 4.79 Å². The van der Waals surface area contributed by atoms with Crippen molar-refractivity contribution in [1.82, 2.24) is 9.80 Å². The van der Waals surface area contributed by atoms with E-state index in [1.165, 1.54) is 6.42 Å². The van der Waals surface area contributed by atoms with Crippen LogP contribution in [0.25, 0.3) is 0 Å². The molecule has 0 aliphatic carbocycles. The summed E-state index contributed by atoms with van der Waals surface area (Å²) in [5.74, 6) is 0. The molecule has 5 nitrogen and oxygen atoms in total. The molecule has 0 saturated carbocycles. The number of hydrogen-bond donors (Lipinski definition) is 1. The number of aliphatic hydroxyl groups is 1. The monoisotopic (exact) mass is 290 g/mol. The van der Waals surface area contributed by atoms with E-state index in [-0.39, 0.29) is 25.3 Å². The molecule has 1 aromatic carbocycles. The Hall–Kier alpha value is -1.59. The van der Waals surface area contributed by atoms with Gasteiger partial charge in [0, 0.05) is 19.1 Å². The Morgan fingerprint density at radius 1 is 1.29 bits per heavy atom. The topological polar surface area (TPSA) is 53.0 Å². The number of carbonyl (C=O) groups is 1. The van der Waals surface area contributed by atoms with Gasteiger partial charge < -0.3 is 14.7 Å². The number of nitrogens with zero attached hydrogens (tertiary/aromatic N) is 2. The average Bonchev–Trinajstić information content (AvgIpc) is 2.99. The van der Waals surface area contributed by atoms with Crippen LogP contribution in [0.4, 0.5) is 4.79 Å². The van der Waals surface area contributed by atoms with Crippen molar-refractivity contribution in [2.24, 2.45) is 0 Å². The summed E-state index contributed by atoms with van der Waals surface area (Å²) in [5.41, 5.74) is 0.978. The number of benzene rings is 1. The van der Waals surface area contributed by atoms with Crippen LogP contribution in [0.3, 0.4) is 0 Å². The Morgan fingerprint density at radius 3 is 2.86 bits per heavy atom. The molecule has 2 heterocycles. The maximum absolute atomic E-state index is 12.3. The van der Waals surface area contributed by atoms with E-state index in [4.69, 9.17) is 4.74 Å². The van der Waals surface area contributed by atoms with E-state index < -0.39 is 0 Å². The Bertz CT molecular complexity index is 480. The lowest BCUT2D eigenvalue weighted by Crippen LogP contribution is -2.59. The molecule has 0 spiro atoms. The van der Waals surface area contributed by atoms with Gasteiger partial charge in [0.15, 0.2) is 0 Å². The first-order valence-corrected chi connectivity index (χ1v) is 7.60. The third-order valence-corrected chi connectivity index (χ3v) is 4.44. The zero-order chi connectivity index (χ0) is 14.7. The molecule has 2 aliphatic heterocycles. The average molecular weight is 290 g/mol. The zero-order valence-electron chi connectivity index (χ0n) is 12.1. The summed E-state index contributed by atoms with van der Waals surface area (Å²) >= 11 is 0. The third-order valence-electron chi connectivity index (χ3n) is 4.44. The van der Waals surface area contributed by atoms with E-state index in [0.717, 1.165) is 25.1 Å². The highest BCUT2D eigenvalue weighted by molar-refractivity contribution is 5.68. The van der Waals surface area contributed by atoms with Crippen LogP contribution in [0.5, 0.6) is 0 Å². The van der Waals surface area contributed by atoms with Crippen LogP contribution in [-0.2, 0) is 11.3 Å². The SMILES string of the molecule is O=C(OCc1ccccc1)N1C[C@@H]2CCCN2C[C@@H]1CO. The molecule has 114 valence electrons. The van der Waals surface area contributed by atoms with Gasteiger partial charge in [0.2, 0.25) is 0 Å². The Morgan fingerprint density at radius 2 is 2.10 bits per heavy atom. The van der Waals surface area contributed by atoms with Gasteiger partial charge in [0.25, 0.3) is 0 Å². The molecule has 5 heteroatoms. The number of fused-ring (bicyclic) bond motifs is 1. The van der Waals surface area contributed by atoms with Gasteiger partial charge in [-0.15, -0.1) is 0 Å². The highest BCUT2D eigenvalue weighted by Crippen LogP contribution is 2.25. The van der Waals surface area contributed by atoms with Gasteiger partial charge in [-0.2, -0.15) is 0 Å². The largest absolute Gasteiger partial charge is 0.445 e. The second kappa shape index (κ2) is 6.45. The number of carbonyl (C=O) groups excluding carboxylic acids is 1. The second-order valence-electron chi connectivity index (χ2n) is 5.82. The van der Waals surface area contributed by atoms with Gasteiger partial charge in [-0.05, 0) is 24.9 Å². The van der Waals surface area contributed by atoms with Gasteiger partial charge in [-0.1, -0.05) is 30.3 Å². The molecular weight excluding hydrogens is 268 g/mol. The molecular formula is C16H22N2O3. The summed E-state index contributed by atoms with van der Waals surface area (Å²) in [5, 5.41) is 9.54. The van der Waals surface area contributed by atoms with Gasteiger partial charge >= 0.3 is 6.09 Å². The van der Waals surface area contributed by atoms with Crippen LogP contribution in [0.2, 0.25) is 0 Å². The van der Waals surface area contributed by atoms with E-state index in [1.807, 2.05) is 30.3 Å². The van der Waals surface area contributed by atoms with Crippen LogP contribution in [0.15, 0.2) is 30.3 Å². The predicted molar refractivity (Wildman–Crippen MR) is 78.8 cm³/mol. The van der Waals surface area contributed by atoms with Gasteiger partial charge in [0.05, 0.1) is 12.6 Å². The van der Waals surface area contributed by atoms with Crippen molar-refractivity contribution in [3.05, 3.63) is 35.9 Å². The summed E-state index contributed by atoms with van der Waals surface area (Å²) < 4.78 is 5.41. The maximum Gasteiger partial charge on any atom is 0.410 e. The Labute approximate surface area is 125 Å². The van der Waals surface area contributed by atoms with Crippen molar-refractivity contribution in [3.63, 3.8) is 0 Å². The summed E-state index contributed by atoms with van der Waals surface area (Å²) in [6.07, 6.45) is 1.99. The van der Waals surface area contributed by atoms with Gasteiger partial charge in [-0.3, -0.25) is 4.90 Å². The molecule has 21 heavy (non-hydrogen) atoms. The van der Waals surface area contributed by atoms with Crippen LogP contribution in [-0.4, -0.2) is 59.3 Å². The zero-order valence-corrected chi connectivity index (χ0v) is 12.1. The van der Waals surface area contributed by atoms with Crippen LogP contribution >= 0.6 is 0 Å². The molecule has 1 N–H and O–H groups in total. The first-order valence-electron chi connectivity index (χ1n) is 7.60. The smallest absolute Gasteiger partial charge is 0.410 e. The first kappa shape index (κ1) is 14.4. The summed E-state index contributed by atoms with van der Waals surface area (Å²) in [6, 6.07) is 9.94. The highest BCUT2D eigenvalue weighted by atomic mass is 16.6. The fraction of sp³-hybridized carbons (Fsp3) is 0.562. The Kier molecular flexibility index (Phi) is 4.41. The van der Waals surface area contributed by atoms with Crippen molar-refractivity contribution >= 4 is 6.09 Å². The second-order valence-corrected chi connectivity index (χ2v) is 5.82. The molecule has 2 fully saturated rings. The number of aliphatic hydroxyl groups excluding tert-OH is 1. The molecule has 1 amide bonds. The number of rotatable bonds is 3. The van der Waals surface area contributed by atoms with E-state index in [1.54, 1.807) is 4.90 Å². The fourth-order valence-corrected chi connectivity index (χ4v) is 3.27. The van der Waals surface area contributed by atoms with Crippen LogP contribution in [0, 0.1) is 0 Å². The molecule has 0 radical (unpaired) electrons. The lowest BCUT2D eigenvalue weighted by Gasteiger charge is -2.42. The van der Waals surface area contributed by atoms with E-state index in [2.05, 4.69) is 4.90 Å². The van der Waals surface area contributed by atoms with Crippen molar-refractivity contribution in [2.45, 2.75) is 31.5 Å². The van der Waals surface area contributed by atoms with Crippen LogP contribution < -0.4 is 0 Å². The van der Waals surface area contributed by atoms with Crippen molar-refractivity contribution in [3.8, 4) is 0 Å². The quantitative estimate of drug-likeness (QED) is 0.916. The maximum atomic E-state index is 12.3. The van der Waals surface area contributed by atoms with Crippen molar-refractivity contribution in [2.75, 3.05) is 26.2 Å². The number of hydrogen-bond acceptors (Lipinski definition) is 4. The molecule has 0 unspecified atom stereocenters. The van der Waals surface area contributed by atoms with E-state index >= 15 is 0 Å². The van der Waals surface area contributed by atoms with Crippen molar-refractivity contribution < 1.29 is 14.6 Å². The van der Waals surface area contributed by atoms with E-state index in [0.29, 0.717) is 12.6 Å². The normalized spacial score (nSPS) is 25.7. The van der Waals surface area contributed by atoms with E-state index in [9.17, 15) is 9.90 Å². The summed E-state index contributed by atoms with van der Waals surface area (Å²) in [7, 11) is 0. The predicted octanol–water partition coefficient (Wildman–Crippen LogP) is 1.46. The lowest BCUT2D eigenvalue weighted by atomic mass is 10.1. The molecule has 3 rings (SSSR count). The Balaban J connectivity index is 1.59. The molecule has 1 aromatic rings. The highest BCUT2D eigenvalue weighted by Gasteiger charge is 2.38. The minimum absolute atomic E-state index is 0.0103. The number of piperazine rings is 1. The molecule has 2 saturated heterocycles. The fourth-order valence-electron chi connectivity index (χ4n) is 3.27. The van der Waals surface area contributed by atoms with Gasteiger partial charge in [0.1, 0.15) is 6.61 Å². The first-order chi connectivity index (χ1) is 10.3. The molecule has 0 bridgehead atoms. The summed E-state index contributed by atoms with van der Waals surface area (Å²) in [4.78, 5) is 16.4. The lowest BCUT2D eigenvalue weighted by molar-refractivity contribution is 0.0109. The summed E-state index contributed by atoms with van der Waals surface area (Å²) in [6.45, 7) is 2.76. The number of ether oxygens (including phenoxy) is 1. The number of amides is 1. The molecule has 0 aromatic heterocycles. The van der Waals surface area contributed by atoms with Crippen molar-refractivity contribution in [1.29, 1.82) is 0 Å². The minimum Gasteiger partial charge on any atom is -0.445 e. The standard InChI is InChI=1S/C16H22N2O3/c19-11-15-9-17-8-4-7-14(17)10-18(15)16(20)21-12-13-5-2-1-3-6-13/h1-3,5-6,14-15,19H,4,7-12H2/t14-,15+/m0/s1.